The summed E-state index contributed by atoms with van der Waals surface area (Å²) in [6, 6.07) is 16.8. The fourth-order valence-corrected chi connectivity index (χ4v) is 3.48. The standard InChI is InChI=1S/C23H27N5O/c1-24-23(25-11-9-18-7-8-22-21(13-18)10-12-29-22)26-14-20-15-27-28(17-20)16-19-5-3-2-4-6-19/h2-8,13,15,17H,9-12,14,16H2,1H3,(H2,24,25,26). The van der Waals surface area contributed by atoms with E-state index < -0.39 is 0 Å². The number of hydrogen-bond donors (Lipinski definition) is 2. The van der Waals surface area contributed by atoms with E-state index >= 15 is 0 Å². The lowest BCUT2D eigenvalue weighted by Gasteiger charge is -2.11. The van der Waals surface area contributed by atoms with Gasteiger partial charge < -0.3 is 15.4 Å². The summed E-state index contributed by atoms with van der Waals surface area (Å²) in [5.74, 6) is 1.83. The molecule has 150 valence electrons. The molecule has 0 aliphatic carbocycles. The predicted octanol–water partition coefficient (Wildman–Crippen LogP) is 2.77. The van der Waals surface area contributed by atoms with Crippen LogP contribution < -0.4 is 15.4 Å². The van der Waals surface area contributed by atoms with Crippen LogP contribution in [0.5, 0.6) is 5.75 Å². The molecule has 0 atom stereocenters. The van der Waals surface area contributed by atoms with E-state index in [9.17, 15) is 0 Å². The first-order valence-electron chi connectivity index (χ1n) is 10.0. The maximum Gasteiger partial charge on any atom is 0.191 e. The monoisotopic (exact) mass is 389 g/mol. The van der Waals surface area contributed by atoms with Crippen molar-refractivity contribution >= 4 is 5.96 Å². The smallest absolute Gasteiger partial charge is 0.191 e. The van der Waals surface area contributed by atoms with E-state index in [0.29, 0.717) is 6.54 Å². The van der Waals surface area contributed by atoms with Crippen molar-refractivity contribution in [1.29, 1.82) is 0 Å². The molecule has 0 fully saturated rings. The molecule has 6 nitrogen and oxygen atoms in total. The minimum Gasteiger partial charge on any atom is -0.493 e. The molecule has 0 saturated carbocycles. The first-order valence-corrected chi connectivity index (χ1v) is 10.0. The molecule has 6 heteroatoms. The predicted molar refractivity (Wildman–Crippen MR) is 115 cm³/mol. The second kappa shape index (κ2) is 9.28. The number of nitrogens with one attached hydrogen (secondary N) is 2. The van der Waals surface area contributed by atoms with E-state index in [4.69, 9.17) is 4.74 Å². The second-order valence-corrected chi connectivity index (χ2v) is 7.17. The van der Waals surface area contributed by atoms with Crippen molar-refractivity contribution in [3.8, 4) is 5.75 Å². The number of guanidine groups is 1. The van der Waals surface area contributed by atoms with Gasteiger partial charge >= 0.3 is 0 Å². The number of fused-ring (bicyclic) bond motifs is 1. The number of rotatable bonds is 7. The molecule has 0 spiro atoms. The lowest BCUT2D eigenvalue weighted by molar-refractivity contribution is 0.357. The Morgan fingerprint density at radius 2 is 2.00 bits per heavy atom. The molecule has 4 rings (SSSR count). The molecule has 1 aliphatic heterocycles. The summed E-state index contributed by atoms with van der Waals surface area (Å²) < 4.78 is 7.53. The molecule has 3 aromatic rings. The third-order valence-electron chi connectivity index (χ3n) is 5.02. The number of benzene rings is 2. The zero-order chi connectivity index (χ0) is 19.9. The van der Waals surface area contributed by atoms with Crippen molar-refractivity contribution in [2.75, 3.05) is 20.2 Å². The van der Waals surface area contributed by atoms with Gasteiger partial charge in [-0.1, -0.05) is 42.5 Å². The van der Waals surface area contributed by atoms with E-state index in [2.05, 4.69) is 57.3 Å². The van der Waals surface area contributed by atoms with Gasteiger partial charge in [0.2, 0.25) is 0 Å². The number of aliphatic imine (C=N–C) groups is 1. The highest BCUT2D eigenvalue weighted by Crippen LogP contribution is 2.25. The van der Waals surface area contributed by atoms with Crippen molar-refractivity contribution in [2.24, 2.45) is 4.99 Å². The molecule has 2 aromatic carbocycles. The summed E-state index contributed by atoms with van der Waals surface area (Å²) in [7, 11) is 1.79. The maximum absolute atomic E-state index is 5.57. The van der Waals surface area contributed by atoms with Crippen LogP contribution in [0.15, 0.2) is 65.9 Å². The highest BCUT2D eigenvalue weighted by atomic mass is 16.5. The fraction of sp³-hybridized carbons (Fsp3) is 0.304. The SMILES string of the molecule is CN=C(NCCc1ccc2c(c1)CCO2)NCc1cnn(Cc2ccccc2)c1. The van der Waals surface area contributed by atoms with Crippen LogP contribution in [-0.4, -0.2) is 35.9 Å². The van der Waals surface area contributed by atoms with Gasteiger partial charge in [-0.25, -0.2) is 0 Å². The Morgan fingerprint density at radius 1 is 1.10 bits per heavy atom. The molecular formula is C23H27N5O. The van der Waals surface area contributed by atoms with Crippen LogP contribution in [0, 0.1) is 0 Å². The van der Waals surface area contributed by atoms with E-state index in [1.165, 1.54) is 16.7 Å². The van der Waals surface area contributed by atoms with Crippen molar-refractivity contribution in [2.45, 2.75) is 25.9 Å². The highest BCUT2D eigenvalue weighted by molar-refractivity contribution is 5.79. The molecular weight excluding hydrogens is 362 g/mol. The summed E-state index contributed by atoms with van der Waals surface area (Å²) in [5, 5.41) is 11.2. The Balaban J connectivity index is 1.22. The van der Waals surface area contributed by atoms with Gasteiger partial charge in [0.05, 0.1) is 19.3 Å². The Bertz CT molecular complexity index is 964. The van der Waals surface area contributed by atoms with Crippen LogP contribution in [0.4, 0.5) is 0 Å². The van der Waals surface area contributed by atoms with Crippen LogP contribution in [0.25, 0.3) is 0 Å². The Morgan fingerprint density at radius 3 is 2.86 bits per heavy atom. The molecule has 2 N–H and O–H groups in total. The third-order valence-corrected chi connectivity index (χ3v) is 5.02. The molecule has 0 radical (unpaired) electrons. The van der Waals surface area contributed by atoms with Gasteiger partial charge in [0, 0.05) is 38.3 Å². The minimum absolute atomic E-state index is 0.685. The zero-order valence-corrected chi connectivity index (χ0v) is 16.8. The van der Waals surface area contributed by atoms with Gasteiger partial charge in [0.25, 0.3) is 0 Å². The first kappa shape index (κ1) is 19.1. The number of aromatic nitrogens is 2. The molecule has 29 heavy (non-hydrogen) atoms. The van der Waals surface area contributed by atoms with Crippen LogP contribution in [0.1, 0.15) is 22.3 Å². The van der Waals surface area contributed by atoms with Gasteiger partial charge in [-0.2, -0.15) is 5.10 Å². The third kappa shape index (κ3) is 5.16. The average Bonchev–Trinajstić information content (AvgIpc) is 3.40. The normalized spacial score (nSPS) is 13.1. The van der Waals surface area contributed by atoms with Crippen LogP contribution in [-0.2, 0) is 25.9 Å². The Kier molecular flexibility index (Phi) is 6.10. The average molecular weight is 390 g/mol. The summed E-state index contributed by atoms with van der Waals surface area (Å²) in [6.45, 7) is 3.09. The summed E-state index contributed by atoms with van der Waals surface area (Å²) in [5.41, 5.74) is 5.00. The van der Waals surface area contributed by atoms with Gasteiger partial charge in [0.15, 0.2) is 5.96 Å². The highest BCUT2D eigenvalue weighted by Gasteiger charge is 2.11. The maximum atomic E-state index is 5.57. The Labute approximate surface area is 171 Å². The molecule has 2 heterocycles. The van der Waals surface area contributed by atoms with Crippen molar-refractivity contribution in [3.05, 3.63) is 83.2 Å². The molecule has 0 saturated heterocycles. The van der Waals surface area contributed by atoms with E-state index in [0.717, 1.165) is 49.8 Å². The lowest BCUT2D eigenvalue weighted by Crippen LogP contribution is -2.37. The van der Waals surface area contributed by atoms with E-state index in [-0.39, 0.29) is 0 Å². The van der Waals surface area contributed by atoms with Gasteiger partial charge in [-0.15, -0.1) is 0 Å². The first-order chi connectivity index (χ1) is 14.3. The van der Waals surface area contributed by atoms with Crippen LogP contribution in [0.2, 0.25) is 0 Å². The molecule has 0 bridgehead atoms. The minimum atomic E-state index is 0.685. The van der Waals surface area contributed by atoms with E-state index in [1.807, 2.05) is 29.1 Å². The van der Waals surface area contributed by atoms with Crippen molar-refractivity contribution < 1.29 is 4.74 Å². The van der Waals surface area contributed by atoms with Crippen LogP contribution in [0.3, 0.4) is 0 Å². The lowest BCUT2D eigenvalue weighted by atomic mass is 10.1. The van der Waals surface area contributed by atoms with Crippen LogP contribution >= 0.6 is 0 Å². The fourth-order valence-electron chi connectivity index (χ4n) is 3.48. The van der Waals surface area contributed by atoms with Gasteiger partial charge in [-0.05, 0) is 29.2 Å². The molecule has 0 unspecified atom stereocenters. The van der Waals surface area contributed by atoms with Crippen molar-refractivity contribution in [1.82, 2.24) is 20.4 Å². The van der Waals surface area contributed by atoms with Gasteiger partial charge in [0.1, 0.15) is 5.75 Å². The topological polar surface area (TPSA) is 63.5 Å². The molecule has 1 aromatic heterocycles. The quantitative estimate of drug-likeness (QED) is 0.482. The summed E-state index contributed by atoms with van der Waals surface area (Å²) in [6.07, 6.45) is 5.93. The number of hydrogen-bond acceptors (Lipinski definition) is 3. The summed E-state index contributed by atoms with van der Waals surface area (Å²) >= 11 is 0. The second-order valence-electron chi connectivity index (χ2n) is 7.17. The molecule has 1 aliphatic rings. The van der Waals surface area contributed by atoms with Gasteiger partial charge in [-0.3, -0.25) is 9.67 Å². The van der Waals surface area contributed by atoms with E-state index in [1.54, 1.807) is 7.05 Å². The Hall–Kier alpha value is -3.28. The number of ether oxygens (including phenoxy) is 1. The van der Waals surface area contributed by atoms with Crippen molar-refractivity contribution in [3.63, 3.8) is 0 Å². The zero-order valence-electron chi connectivity index (χ0n) is 16.8. The summed E-state index contributed by atoms with van der Waals surface area (Å²) in [4.78, 5) is 4.31. The molecule has 0 amide bonds. The number of nitrogens with zero attached hydrogens (tertiary/aromatic N) is 3. The largest absolute Gasteiger partial charge is 0.493 e.